The van der Waals surface area contributed by atoms with Crippen LogP contribution in [0, 0.1) is 13.8 Å². The zero-order valence-electron chi connectivity index (χ0n) is 13.0. The Kier molecular flexibility index (Phi) is 5.79. The molecule has 1 atom stereocenters. The maximum atomic E-state index is 11.6. The van der Waals surface area contributed by atoms with E-state index in [1.807, 2.05) is 6.07 Å². The molecule has 0 saturated heterocycles. The molecular formula is C15H19N3O2S2. The van der Waals surface area contributed by atoms with Crippen LogP contribution in [0.1, 0.15) is 25.0 Å². The predicted octanol–water partition coefficient (Wildman–Crippen LogP) is 3.94. The fraction of sp³-hybridized carbons (Fsp3) is 0.400. The maximum Gasteiger partial charge on any atom is 0.319 e. The number of nitrogens with one attached hydrogen (secondary N) is 1. The smallest absolute Gasteiger partial charge is 0.319 e. The van der Waals surface area contributed by atoms with E-state index in [0.29, 0.717) is 11.7 Å². The van der Waals surface area contributed by atoms with Crippen LogP contribution >= 0.6 is 23.1 Å². The summed E-state index contributed by atoms with van der Waals surface area (Å²) in [6.45, 7) is 8.14. The molecule has 0 aliphatic heterocycles. The number of esters is 1. The van der Waals surface area contributed by atoms with Crippen molar-refractivity contribution in [2.75, 3.05) is 11.9 Å². The number of thioether (sulfide) groups is 1. The lowest BCUT2D eigenvalue weighted by Crippen LogP contribution is -2.16. The predicted molar refractivity (Wildman–Crippen MR) is 91.1 cm³/mol. The minimum Gasteiger partial charge on any atom is -0.465 e. The van der Waals surface area contributed by atoms with Crippen LogP contribution < -0.4 is 5.32 Å². The third kappa shape index (κ3) is 4.45. The summed E-state index contributed by atoms with van der Waals surface area (Å²) >= 11 is 2.78. The Balaban J connectivity index is 1.99. The largest absolute Gasteiger partial charge is 0.465 e. The number of anilines is 2. The number of carbonyl (C=O) groups is 1. The molecule has 0 spiro atoms. The van der Waals surface area contributed by atoms with Gasteiger partial charge in [-0.15, -0.1) is 10.2 Å². The summed E-state index contributed by atoms with van der Waals surface area (Å²) in [5.74, 6) is -0.230. The van der Waals surface area contributed by atoms with Crippen molar-refractivity contribution < 1.29 is 9.53 Å². The summed E-state index contributed by atoms with van der Waals surface area (Å²) in [6, 6.07) is 6.15. The van der Waals surface area contributed by atoms with Gasteiger partial charge in [-0.05, 0) is 51.0 Å². The molecule has 0 amide bonds. The monoisotopic (exact) mass is 337 g/mol. The van der Waals surface area contributed by atoms with E-state index in [9.17, 15) is 4.79 Å². The summed E-state index contributed by atoms with van der Waals surface area (Å²) in [5, 5.41) is 11.9. The van der Waals surface area contributed by atoms with Gasteiger partial charge in [-0.3, -0.25) is 4.79 Å². The molecule has 1 aromatic heterocycles. The molecule has 0 saturated carbocycles. The van der Waals surface area contributed by atoms with Gasteiger partial charge in [0.2, 0.25) is 5.13 Å². The van der Waals surface area contributed by atoms with Gasteiger partial charge in [0, 0.05) is 5.69 Å². The van der Waals surface area contributed by atoms with Crippen molar-refractivity contribution in [2.45, 2.75) is 37.3 Å². The molecule has 2 rings (SSSR count). The number of ether oxygens (including phenoxy) is 1. The van der Waals surface area contributed by atoms with Crippen molar-refractivity contribution >= 4 is 39.9 Å². The van der Waals surface area contributed by atoms with Crippen molar-refractivity contribution in [1.82, 2.24) is 10.2 Å². The topological polar surface area (TPSA) is 64.1 Å². The standard InChI is InChI=1S/C15H19N3O2S2/c1-5-20-13(19)11(4)21-15-18-17-14(22-15)16-12-7-6-9(2)10(3)8-12/h6-8,11H,5H2,1-4H3,(H,16,17). The van der Waals surface area contributed by atoms with Gasteiger partial charge in [0.15, 0.2) is 4.34 Å². The first-order valence-corrected chi connectivity index (χ1v) is 8.70. The highest BCUT2D eigenvalue weighted by atomic mass is 32.2. The van der Waals surface area contributed by atoms with E-state index in [1.54, 1.807) is 13.8 Å². The van der Waals surface area contributed by atoms with Crippen LogP contribution in [0.3, 0.4) is 0 Å². The summed E-state index contributed by atoms with van der Waals surface area (Å²) in [6.07, 6.45) is 0. The molecule has 1 N–H and O–H groups in total. The fourth-order valence-corrected chi connectivity index (χ4v) is 3.62. The van der Waals surface area contributed by atoms with Crippen LogP contribution in [-0.2, 0) is 9.53 Å². The van der Waals surface area contributed by atoms with E-state index in [2.05, 4.69) is 41.5 Å². The zero-order chi connectivity index (χ0) is 16.1. The molecule has 0 bridgehead atoms. The number of benzene rings is 1. The first-order valence-electron chi connectivity index (χ1n) is 7.00. The number of aryl methyl sites for hydroxylation is 2. The average molecular weight is 337 g/mol. The Morgan fingerprint density at radius 2 is 2.14 bits per heavy atom. The average Bonchev–Trinajstić information content (AvgIpc) is 2.90. The van der Waals surface area contributed by atoms with Crippen molar-refractivity contribution in [2.24, 2.45) is 0 Å². The summed E-state index contributed by atoms with van der Waals surface area (Å²) in [4.78, 5) is 11.6. The SMILES string of the molecule is CCOC(=O)C(C)Sc1nnc(Nc2ccc(C)c(C)c2)s1. The Bertz CT molecular complexity index is 658. The van der Waals surface area contributed by atoms with Crippen molar-refractivity contribution in [3.05, 3.63) is 29.3 Å². The molecule has 0 fully saturated rings. The van der Waals surface area contributed by atoms with Gasteiger partial charge in [0.05, 0.1) is 6.61 Å². The number of aromatic nitrogens is 2. The molecule has 0 aliphatic carbocycles. The van der Waals surface area contributed by atoms with Crippen molar-refractivity contribution in [3.63, 3.8) is 0 Å². The fourth-order valence-electron chi connectivity index (χ4n) is 1.71. The lowest BCUT2D eigenvalue weighted by molar-refractivity contribution is -0.142. The van der Waals surface area contributed by atoms with Gasteiger partial charge in [-0.25, -0.2) is 0 Å². The quantitative estimate of drug-likeness (QED) is 0.636. The molecule has 1 aromatic carbocycles. The first kappa shape index (κ1) is 16.8. The zero-order valence-corrected chi connectivity index (χ0v) is 14.7. The molecule has 0 radical (unpaired) electrons. The minimum atomic E-state index is -0.289. The second-order valence-corrected chi connectivity index (χ2v) is 7.37. The number of carbonyl (C=O) groups excluding carboxylic acids is 1. The van der Waals surface area contributed by atoms with E-state index in [1.165, 1.54) is 34.2 Å². The number of hydrogen-bond donors (Lipinski definition) is 1. The molecule has 0 aliphatic rings. The molecule has 118 valence electrons. The minimum absolute atomic E-state index is 0.230. The van der Waals surface area contributed by atoms with Gasteiger partial charge in [0.25, 0.3) is 0 Å². The van der Waals surface area contributed by atoms with E-state index in [-0.39, 0.29) is 11.2 Å². The number of rotatable bonds is 6. The van der Waals surface area contributed by atoms with Crippen LogP contribution in [0.2, 0.25) is 0 Å². The van der Waals surface area contributed by atoms with Gasteiger partial charge < -0.3 is 10.1 Å². The van der Waals surface area contributed by atoms with Crippen LogP contribution in [0.25, 0.3) is 0 Å². The van der Waals surface area contributed by atoms with Crippen LogP contribution in [0.5, 0.6) is 0 Å². The van der Waals surface area contributed by atoms with E-state index in [0.717, 1.165) is 10.0 Å². The maximum absolute atomic E-state index is 11.6. The molecule has 5 nitrogen and oxygen atoms in total. The Morgan fingerprint density at radius 1 is 1.36 bits per heavy atom. The lowest BCUT2D eigenvalue weighted by Gasteiger charge is -2.07. The van der Waals surface area contributed by atoms with Crippen LogP contribution in [-0.4, -0.2) is 28.0 Å². The van der Waals surface area contributed by atoms with Gasteiger partial charge >= 0.3 is 5.97 Å². The number of hydrogen-bond acceptors (Lipinski definition) is 7. The Morgan fingerprint density at radius 3 is 2.82 bits per heavy atom. The van der Waals surface area contributed by atoms with Crippen molar-refractivity contribution in [1.29, 1.82) is 0 Å². The second-order valence-electron chi connectivity index (χ2n) is 4.81. The Labute approximate surface area is 138 Å². The number of nitrogens with zero attached hydrogens (tertiary/aromatic N) is 2. The lowest BCUT2D eigenvalue weighted by atomic mass is 10.1. The van der Waals surface area contributed by atoms with E-state index < -0.39 is 0 Å². The highest BCUT2D eigenvalue weighted by Gasteiger charge is 2.18. The highest BCUT2D eigenvalue weighted by Crippen LogP contribution is 2.31. The van der Waals surface area contributed by atoms with Crippen LogP contribution in [0.15, 0.2) is 22.5 Å². The summed E-state index contributed by atoms with van der Waals surface area (Å²) in [5.41, 5.74) is 3.46. The first-order chi connectivity index (χ1) is 10.5. The molecular weight excluding hydrogens is 318 g/mol. The van der Waals surface area contributed by atoms with E-state index in [4.69, 9.17) is 4.74 Å². The molecule has 22 heavy (non-hydrogen) atoms. The van der Waals surface area contributed by atoms with Crippen molar-refractivity contribution in [3.8, 4) is 0 Å². The molecule has 7 heteroatoms. The Hall–Kier alpha value is -1.60. The molecule has 1 heterocycles. The van der Waals surface area contributed by atoms with Gasteiger partial charge in [-0.1, -0.05) is 29.2 Å². The third-order valence-electron chi connectivity index (χ3n) is 3.06. The highest BCUT2D eigenvalue weighted by molar-refractivity contribution is 8.02. The van der Waals surface area contributed by atoms with E-state index >= 15 is 0 Å². The molecule has 2 aromatic rings. The normalized spacial score (nSPS) is 12.0. The summed E-state index contributed by atoms with van der Waals surface area (Å²) < 4.78 is 5.73. The van der Waals surface area contributed by atoms with Crippen LogP contribution in [0.4, 0.5) is 10.8 Å². The molecule has 1 unspecified atom stereocenters. The summed E-state index contributed by atoms with van der Waals surface area (Å²) in [7, 11) is 0. The third-order valence-corrected chi connectivity index (χ3v) is 5.06. The van der Waals surface area contributed by atoms with Gasteiger partial charge in [-0.2, -0.15) is 0 Å². The van der Waals surface area contributed by atoms with Gasteiger partial charge in [0.1, 0.15) is 5.25 Å². The second kappa shape index (κ2) is 7.60.